The molecule has 0 saturated carbocycles. The molecule has 0 fully saturated rings. The number of halogens is 2. The Morgan fingerprint density at radius 1 is 0.909 bits per heavy atom. The summed E-state index contributed by atoms with van der Waals surface area (Å²) >= 11 is 0. The van der Waals surface area contributed by atoms with Crippen LogP contribution >= 0.6 is 0 Å². The fraction of sp³-hybridized carbons (Fsp3) is 0.118. The summed E-state index contributed by atoms with van der Waals surface area (Å²) in [5, 5.41) is 9.10. The van der Waals surface area contributed by atoms with E-state index in [1.807, 2.05) is 0 Å². The van der Waals surface area contributed by atoms with Gasteiger partial charge in [-0.05, 0) is 48.5 Å². The summed E-state index contributed by atoms with van der Waals surface area (Å²) in [4.78, 5) is 24.2. The number of hydrogen-bond acceptors (Lipinski definition) is 3. The molecule has 2 aromatic carbocycles. The molecule has 0 amide bonds. The van der Waals surface area contributed by atoms with Crippen molar-refractivity contribution in [1.29, 1.82) is 5.26 Å². The minimum atomic E-state index is -1.16. The fourth-order valence-electron chi connectivity index (χ4n) is 1.95. The molecule has 0 radical (unpaired) electrons. The van der Waals surface area contributed by atoms with Gasteiger partial charge >= 0.3 is 0 Å². The topological polar surface area (TPSA) is 57.9 Å². The van der Waals surface area contributed by atoms with Gasteiger partial charge in [0.05, 0.1) is 6.07 Å². The van der Waals surface area contributed by atoms with E-state index in [9.17, 15) is 18.4 Å². The van der Waals surface area contributed by atoms with Crippen molar-refractivity contribution in [3.8, 4) is 6.07 Å². The average Bonchev–Trinajstić information content (AvgIpc) is 2.53. The summed E-state index contributed by atoms with van der Waals surface area (Å²) in [6.45, 7) is 0. The van der Waals surface area contributed by atoms with Gasteiger partial charge in [-0.2, -0.15) is 5.26 Å². The summed E-state index contributed by atoms with van der Waals surface area (Å²) in [7, 11) is 0. The highest BCUT2D eigenvalue weighted by atomic mass is 19.1. The highest BCUT2D eigenvalue weighted by Crippen LogP contribution is 2.16. The second-order valence-corrected chi connectivity index (χ2v) is 4.69. The molecule has 5 heteroatoms. The SMILES string of the molecule is N#CC(CC(=O)c1ccc(F)cc1)C(=O)c1ccc(F)cc1. The zero-order chi connectivity index (χ0) is 16.1. The number of hydrogen-bond donors (Lipinski definition) is 0. The van der Waals surface area contributed by atoms with Crippen LogP contribution in [0.5, 0.6) is 0 Å². The maximum absolute atomic E-state index is 12.8. The van der Waals surface area contributed by atoms with Crippen molar-refractivity contribution in [2.75, 3.05) is 0 Å². The molecule has 0 aromatic heterocycles. The standard InChI is InChI=1S/C17H11F2NO2/c18-14-5-1-11(2-6-14)16(21)9-13(10-20)17(22)12-3-7-15(19)8-4-12/h1-8,13H,9H2. The van der Waals surface area contributed by atoms with Gasteiger partial charge in [0, 0.05) is 17.5 Å². The lowest BCUT2D eigenvalue weighted by molar-refractivity contribution is 0.0882. The maximum Gasteiger partial charge on any atom is 0.180 e. The van der Waals surface area contributed by atoms with Gasteiger partial charge in [0.15, 0.2) is 11.6 Å². The van der Waals surface area contributed by atoms with E-state index in [-0.39, 0.29) is 17.5 Å². The predicted octanol–water partition coefficient (Wildman–Crippen LogP) is 3.56. The number of carbonyl (C=O) groups is 2. The van der Waals surface area contributed by atoms with E-state index in [0.717, 1.165) is 24.3 Å². The lowest BCUT2D eigenvalue weighted by atomic mass is 9.92. The largest absolute Gasteiger partial charge is 0.294 e. The molecule has 2 aromatic rings. The van der Waals surface area contributed by atoms with Crippen molar-refractivity contribution < 1.29 is 18.4 Å². The quantitative estimate of drug-likeness (QED) is 0.793. The Labute approximate surface area is 125 Å². The minimum absolute atomic E-state index is 0.167. The number of Topliss-reactive ketones (excluding diaryl/α,β-unsaturated/α-hetero) is 2. The summed E-state index contributed by atoms with van der Waals surface area (Å²) in [5.41, 5.74) is 0.397. The molecular formula is C17H11F2NO2. The van der Waals surface area contributed by atoms with Crippen LogP contribution in [0.2, 0.25) is 0 Å². The van der Waals surface area contributed by atoms with Gasteiger partial charge in [-0.1, -0.05) is 0 Å². The summed E-state index contributed by atoms with van der Waals surface area (Å²) in [6, 6.07) is 11.4. The van der Waals surface area contributed by atoms with Crippen LogP contribution in [0.15, 0.2) is 48.5 Å². The molecule has 0 N–H and O–H groups in total. The maximum atomic E-state index is 12.8. The first-order chi connectivity index (χ1) is 10.5. The molecule has 0 heterocycles. The molecule has 0 aliphatic carbocycles. The van der Waals surface area contributed by atoms with Gasteiger partial charge < -0.3 is 0 Å². The molecule has 22 heavy (non-hydrogen) atoms. The van der Waals surface area contributed by atoms with E-state index >= 15 is 0 Å². The molecular weight excluding hydrogens is 288 g/mol. The smallest absolute Gasteiger partial charge is 0.180 e. The number of carbonyl (C=O) groups excluding carboxylic acids is 2. The van der Waals surface area contributed by atoms with Crippen LogP contribution in [-0.4, -0.2) is 11.6 Å². The Morgan fingerprint density at radius 3 is 1.82 bits per heavy atom. The summed E-state index contributed by atoms with van der Waals surface area (Å²) < 4.78 is 25.6. The van der Waals surface area contributed by atoms with E-state index in [4.69, 9.17) is 5.26 Å². The summed E-state index contributed by atoms with van der Waals surface area (Å²) in [5.74, 6) is -3.11. The highest BCUT2D eigenvalue weighted by molar-refractivity contribution is 6.04. The number of nitrogens with zero attached hydrogens (tertiary/aromatic N) is 1. The normalized spacial score (nSPS) is 11.5. The lowest BCUT2D eigenvalue weighted by Gasteiger charge is -2.08. The highest BCUT2D eigenvalue weighted by Gasteiger charge is 2.23. The van der Waals surface area contributed by atoms with Gasteiger partial charge in [-0.15, -0.1) is 0 Å². The van der Waals surface area contributed by atoms with Gasteiger partial charge in [0.25, 0.3) is 0 Å². The second kappa shape index (κ2) is 6.72. The molecule has 0 aliphatic rings. The number of nitriles is 1. The van der Waals surface area contributed by atoms with Crippen LogP contribution in [0.3, 0.4) is 0 Å². The van der Waals surface area contributed by atoms with Crippen LogP contribution in [0.1, 0.15) is 27.1 Å². The molecule has 1 atom stereocenters. The first kappa shape index (κ1) is 15.5. The molecule has 3 nitrogen and oxygen atoms in total. The van der Waals surface area contributed by atoms with Crippen LogP contribution in [0.25, 0.3) is 0 Å². The third-order valence-electron chi connectivity index (χ3n) is 3.16. The Bertz CT molecular complexity index is 731. The van der Waals surface area contributed by atoms with E-state index in [1.54, 1.807) is 6.07 Å². The van der Waals surface area contributed by atoms with E-state index < -0.39 is 29.1 Å². The van der Waals surface area contributed by atoms with Crippen LogP contribution < -0.4 is 0 Å². The van der Waals surface area contributed by atoms with E-state index in [0.29, 0.717) is 0 Å². The van der Waals surface area contributed by atoms with Crippen molar-refractivity contribution in [3.05, 3.63) is 71.3 Å². The molecule has 0 saturated heterocycles. The number of ketones is 2. The second-order valence-electron chi connectivity index (χ2n) is 4.69. The minimum Gasteiger partial charge on any atom is -0.294 e. The molecule has 110 valence electrons. The summed E-state index contributed by atoms with van der Waals surface area (Å²) in [6.07, 6.45) is -0.307. The molecule has 2 rings (SSSR count). The molecule has 1 unspecified atom stereocenters. The lowest BCUT2D eigenvalue weighted by Crippen LogP contribution is -2.17. The van der Waals surface area contributed by atoms with Gasteiger partial charge in [-0.3, -0.25) is 9.59 Å². The van der Waals surface area contributed by atoms with Crippen LogP contribution in [-0.2, 0) is 0 Å². The first-order valence-corrected chi connectivity index (χ1v) is 6.49. The van der Waals surface area contributed by atoms with Gasteiger partial charge in [-0.25, -0.2) is 8.78 Å². The van der Waals surface area contributed by atoms with E-state index in [2.05, 4.69) is 0 Å². The molecule has 0 bridgehead atoms. The zero-order valence-electron chi connectivity index (χ0n) is 11.4. The average molecular weight is 299 g/mol. The fourth-order valence-corrected chi connectivity index (χ4v) is 1.95. The van der Waals surface area contributed by atoms with Crippen molar-refractivity contribution in [3.63, 3.8) is 0 Å². The van der Waals surface area contributed by atoms with Crippen LogP contribution in [0, 0.1) is 28.9 Å². The van der Waals surface area contributed by atoms with Gasteiger partial charge in [0.1, 0.15) is 17.6 Å². The van der Waals surface area contributed by atoms with E-state index in [1.165, 1.54) is 24.3 Å². The van der Waals surface area contributed by atoms with Gasteiger partial charge in [0.2, 0.25) is 0 Å². The zero-order valence-corrected chi connectivity index (χ0v) is 11.4. The first-order valence-electron chi connectivity index (χ1n) is 6.49. The Hall–Kier alpha value is -2.87. The monoisotopic (exact) mass is 299 g/mol. The number of benzene rings is 2. The van der Waals surface area contributed by atoms with Crippen molar-refractivity contribution >= 4 is 11.6 Å². The number of rotatable bonds is 5. The Morgan fingerprint density at radius 2 is 1.36 bits per heavy atom. The Kier molecular flexibility index (Phi) is 4.74. The molecule has 0 spiro atoms. The Balaban J connectivity index is 2.13. The predicted molar refractivity (Wildman–Crippen MR) is 75.2 cm³/mol. The van der Waals surface area contributed by atoms with Crippen LogP contribution in [0.4, 0.5) is 8.78 Å². The third-order valence-corrected chi connectivity index (χ3v) is 3.16. The third kappa shape index (κ3) is 3.61. The molecule has 0 aliphatic heterocycles. The van der Waals surface area contributed by atoms with Crippen molar-refractivity contribution in [2.45, 2.75) is 6.42 Å². The van der Waals surface area contributed by atoms with Crippen molar-refractivity contribution in [1.82, 2.24) is 0 Å². The van der Waals surface area contributed by atoms with Crippen molar-refractivity contribution in [2.24, 2.45) is 5.92 Å².